The molecule has 2 aromatic rings. The normalized spacial score (nSPS) is 10.0. The molecular formula is C15H14N2O2S. The van der Waals surface area contributed by atoms with Gasteiger partial charge in [0.05, 0.1) is 12.8 Å². The summed E-state index contributed by atoms with van der Waals surface area (Å²) in [4.78, 5) is 13.7. The van der Waals surface area contributed by atoms with Gasteiger partial charge >= 0.3 is 0 Å². The number of nitrogens with two attached hydrogens (primary N) is 1. The first-order valence-electron chi connectivity index (χ1n) is 5.98. The first-order valence-corrected chi connectivity index (χ1v) is 6.39. The van der Waals surface area contributed by atoms with Crippen LogP contribution < -0.4 is 5.73 Å². The molecule has 0 aliphatic rings. The van der Waals surface area contributed by atoms with Crippen molar-refractivity contribution >= 4 is 29.3 Å². The van der Waals surface area contributed by atoms with Gasteiger partial charge in [-0.1, -0.05) is 24.8 Å². The summed E-state index contributed by atoms with van der Waals surface area (Å²) in [6.07, 6.45) is 3.25. The van der Waals surface area contributed by atoms with Crippen molar-refractivity contribution in [2.75, 3.05) is 0 Å². The van der Waals surface area contributed by atoms with E-state index in [1.165, 1.54) is 11.2 Å². The van der Waals surface area contributed by atoms with Gasteiger partial charge in [0, 0.05) is 5.56 Å². The topological polar surface area (TPSA) is 59.5 Å². The third kappa shape index (κ3) is 3.13. The summed E-state index contributed by atoms with van der Waals surface area (Å²) in [7, 11) is 0. The molecule has 0 aliphatic carbocycles. The van der Waals surface area contributed by atoms with Crippen LogP contribution in [0, 0.1) is 0 Å². The summed E-state index contributed by atoms with van der Waals surface area (Å²) in [5, 5.41) is 0.0131. The predicted molar refractivity (Wildman–Crippen MR) is 81.9 cm³/mol. The average Bonchev–Trinajstić information content (AvgIpc) is 2.97. The Balaban J connectivity index is 2.21. The van der Waals surface area contributed by atoms with Crippen molar-refractivity contribution in [2.45, 2.75) is 6.54 Å². The van der Waals surface area contributed by atoms with Gasteiger partial charge in [-0.3, -0.25) is 9.69 Å². The molecule has 0 bridgehead atoms. The van der Waals surface area contributed by atoms with E-state index >= 15 is 0 Å². The van der Waals surface area contributed by atoms with Crippen LogP contribution in [-0.2, 0) is 6.54 Å². The van der Waals surface area contributed by atoms with E-state index in [2.05, 4.69) is 6.58 Å². The van der Waals surface area contributed by atoms with Gasteiger partial charge in [0.25, 0.3) is 5.91 Å². The monoisotopic (exact) mass is 286 g/mol. The van der Waals surface area contributed by atoms with Crippen molar-refractivity contribution in [1.29, 1.82) is 0 Å². The molecule has 0 atom stereocenters. The molecule has 1 amide bonds. The SMILES string of the molecule is C=Cc1ccc(C(=O)N(Cc2ccco2)C(N)=S)cc1. The third-order valence-corrected chi connectivity index (χ3v) is 3.02. The molecule has 1 heterocycles. The summed E-state index contributed by atoms with van der Waals surface area (Å²) < 4.78 is 5.21. The number of hydrogen-bond acceptors (Lipinski definition) is 3. The zero-order chi connectivity index (χ0) is 14.5. The quantitative estimate of drug-likeness (QED) is 0.878. The highest BCUT2D eigenvalue weighted by atomic mass is 32.1. The van der Waals surface area contributed by atoms with Crippen LogP contribution in [0.3, 0.4) is 0 Å². The fourth-order valence-electron chi connectivity index (χ4n) is 1.73. The van der Waals surface area contributed by atoms with E-state index in [9.17, 15) is 4.79 Å². The fourth-order valence-corrected chi connectivity index (χ4v) is 1.87. The Morgan fingerprint density at radius 1 is 1.35 bits per heavy atom. The van der Waals surface area contributed by atoms with Gasteiger partial charge in [-0.05, 0) is 42.0 Å². The maximum Gasteiger partial charge on any atom is 0.260 e. The van der Waals surface area contributed by atoms with E-state index in [1.54, 1.807) is 30.3 Å². The van der Waals surface area contributed by atoms with E-state index < -0.39 is 0 Å². The highest BCUT2D eigenvalue weighted by Crippen LogP contribution is 2.12. The van der Waals surface area contributed by atoms with Crippen LogP contribution in [0.4, 0.5) is 0 Å². The maximum atomic E-state index is 12.4. The lowest BCUT2D eigenvalue weighted by molar-refractivity contribution is 0.0834. The lowest BCUT2D eigenvalue weighted by atomic mass is 10.1. The smallest absolute Gasteiger partial charge is 0.260 e. The number of benzene rings is 1. The first kappa shape index (κ1) is 14.0. The standard InChI is InChI=1S/C15H14N2O2S/c1-2-11-5-7-12(8-6-11)14(18)17(15(16)20)10-13-4-3-9-19-13/h2-9H,1,10H2,(H2,16,20). The first-order chi connectivity index (χ1) is 9.61. The summed E-state index contributed by atoms with van der Waals surface area (Å²) >= 11 is 4.94. The second kappa shape index (κ2) is 6.16. The van der Waals surface area contributed by atoms with E-state index in [4.69, 9.17) is 22.4 Å². The number of nitrogens with zero attached hydrogens (tertiary/aromatic N) is 1. The van der Waals surface area contributed by atoms with Crippen LogP contribution >= 0.6 is 12.2 Å². The molecule has 0 spiro atoms. The lowest BCUT2D eigenvalue weighted by Crippen LogP contribution is -2.39. The predicted octanol–water partition coefficient (Wildman–Crippen LogP) is 2.81. The van der Waals surface area contributed by atoms with E-state index in [-0.39, 0.29) is 17.6 Å². The molecule has 1 aromatic carbocycles. The van der Waals surface area contributed by atoms with Gasteiger partial charge in [-0.15, -0.1) is 0 Å². The Morgan fingerprint density at radius 2 is 2.05 bits per heavy atom. The summed E-state index contributed by atoms with van der Waals surface area (Å²) in [5.74, 6) is 0.360. The molecular weight excluding hydrogens is 272 g/mol. The number of rotatable bonds is 4. The number of carbonyl (C=O) groups is 1. The minimum absolute atomic E-state index is 0.0131. The second-order valence-electron chi connectivity index (χ2n) is 4.14. The molecule has 102 valence electrons. The molecule has 4 nitrogen and oxygen atoms in total. The van der Waals surface area contributed by atoms with Crippen LogP contribution in [-0.4, -0.2) is 15.9 Å². The summed E-state index contributed by atoms with van der Waals surface area (Å²) in [5.41, 5.74) is 7.07. The van der Waals surface area contributed by atoms with Gasteiger partial charge in [-0.2, -0.15) is 0 Å². The molecule has 2 rings (SSSR count). The van der Waals surface area contributed by atoms with E-state index in [0.29, 0.717) is 11.3 Å². The zero-order valence-corrected chi connectivity index (χ0v) is 11.6. The van der Waals surface area contributed by atoms with Gasteiger partial charge < -0.3 is 10.2 Å². The van der Waals surface area contributed by atoms with Crippen molar-refractivity contribution in [3.63, 3.8) is 0 Å². The number of carbonyl (C=O) groups excluding carboxylic acids is 1. The number of thiocarbonyl (C=S) groups is 1. The van der Waals surface area contributed by atoms with Crippen LogP contribution in [0.5, 0.6) is 0 Å². The summed E-state index contributed by atoms with van der Waals surface area (Å²) in [6, 6.07) is 10.6. The largest absolute Gasteiger partial charge is 0.467 e. The van der Waals surface area contributed by atoms with Crippen LogP contribution in [0.25, 0.3) is 6.08 Å². The fraction of sp³-hybridized carbons (Fsp3) is 0.0667. The Kier molecular flexibility index (Phi) is 4.32. The molecule has 0 saturated carbocycles. The Hall–Kier alpha value is -2.40. The lowest BCUT2D eigenvalue weighted by Gasteiger charge is -2.19. The maximum absolute atomic E-state index is 12.4. The van der Waals surface area contributed by atoms with Crippen molar-refractivity contribution < 1.29 is 9.21 Å². The zero-order valence-electron chi connectivity index (χ0n) is 10.8. The van der Waals surface area contributed by atoms with Gasteiger partial charge in [-0.25, -0.2) is 0 Å². The number of amides is 1. The molecule has 0 fully saturated rings. The minimum Gasteiger partial charge on any atom is -0.467 e. The summed E-state index contributed by atoms with van der Waals surface area (Å²) in [6.45, 7) is 3.88. The highest BCUT2D eigenvalue weighted by Gasteiger charge is 2.19. The molecule has 2 N–H and O–H groups in total. The van der Waals surface area contributed by atoms with E-state index in [1.807, 2.05) is 12.1 Å². The average molecular weight is 286 g/mol. The molecule has 0 saturated heterocycles. The Morgan fingerprint density at radius 3 is 2.55 bits per heavy atom. The van der Waals surface area contributed by atoms with Crippen molar-refractivity contribution in [1.82, 2.24) is 4.90 Å². The van der Waals surface area contributed by atoms with Crippen LogP contribution in [0.1, 0.15) is 21.7 Å². The molecule has 0 unspecified atom stereocenters. The van der Waals surface area contributed by atoms with Crippen molar-refractivity contribution in [3.05, 3.63) is 66.1 Å². The molecule has 0 aliphatic heterocycles. The van der Waals surface area contributed by atoms with Gasteiger partial charge in [0.1, 0.15) is 5.76 Å². The minimum atomic E-state index is -0.260. The Bertz CT molecular complexity index is 618. The second-order valence-corrected chi connectivity index (χ2v) is 4.55. The van der Waals surface area contributed by atoms with Crippen LogP contribution in [0.2, 0.25) is 0 Å². The molecule has 1 aromatic heterocycles. The molecule has 20 heavy (non-hydrogen) atoms. The third-order valence-electron chi connectivity index (χ3n) is 2.80. The van der Waals surface area contributed by atoms with Crippen molar-refractivity contribution in [2.24, 2.45) is 5.73 Å². The number of furan rings is 1. The van der Waals surface area contributed by atoms with Gasteiger partial charge in [0.2, 0.25) is 0 Å². The molecule has 0 radical (unpaired) electrons. The molecule has 5 heteroatoms. The number of hydrogen-bond donors (Lipinski definition) is 1. The van der Waals surface area contributed by atoms with E-state index in [0.717, 1.165) is 5.56 Å². The Labute approximate surface area is 122 Å². The van der Waals surface area contributed by atoms with Gasteiger partial charge in [0.15, 0.2) is 5.11 Å². The highest BCUT2D eigenvalue weighted by molar-refractivity contribution is 7.80. The van der Waals surface area contributed by atoms with Crippen LogP contribution in [0.15, 0.2) is 53.7 Å². The van der Waals surface area contributed by atoms with Crippen molar-refractivity contribution in [3.8, 4) is 0 Å².